The quantitative estimate of drug-likeness (QED) is 0.853. The molecule has 0 saturated carbocycles. The fourth-order valence-corrected chi connectivity index (χ4v) is 3.58. The van der Waals surface area contributed by atoms with Crippen molar-refractivity contribution in [2.75, 3.05) is 7.05 Å². The van der Waals surface area contributed by atoms with Crippen molar-refractivity contribution in [3.8, 4) is 6.07 Å². The maximum absolute atomic E-state index is 13.9. The largest absolute Gasteiger partial charge is 0.325 e. The number of thiophene rings is 1. The smallest absolute Gasteiger partial charge is 0.265 e. The average molecular weight is 304 g/mol. The number of rotatable bonds is 4. The molecule has 3 nitrogen and oxygen atoms in total. The fraction of sp³-hybridized carbons (Fsp3) is 0.375. The Hall–Kier alpha value is -1.93. The second kappa shape index (κ2) is 6.23. The van der Waals surface area contributed by atoms with Crippen LogP contribution in [0.2, 0.25) is 0 Å². The minimum atomic E-state index is -0.447. The Balaban J connectivity index is 2.42. The van der Waals surface area contributed by atoms with E-state index in [1.807, 2.05) is 6.92 Å². The monoisotopic (exact) mass is 304 g/mol. The Kier molecular flexibility index (Phi) is 4.59. The molecule has 1 aromatic carbocycles. The van der Waals surface area contributed by atoms with E-state index in [0.717, 1.165) is 11.1 Å². The molecule has 1 heterocycles. The van der Waals surface area contributed by atoms with E-state index in [4.69, 9.17) is 0 Å². The van der Waals surface area contributed by atoms with Gasteiger partial charge in [0.05, 0.1) is 10.9 Å². The van der Waals surface area contributed by atoms with Crippen molar-refractivity contribution in [2.45, 2.75) is 32.7 Å². The predicted molar refractivity (Wildman–Crippen MR) is 82.9 cm³/mol. The van der Waals surface area contributed by atoms with Gasteiger partial charge in [-0.2, -0.15) is 5.26 Å². The van der Waals surface area contributed by atoms with E-state index >= 15 is 0 Å². The third-order valence-electron chi connectivity index (χ3n) is 3.60. The van der Waals surface area contributed by atoms with Crippen LogP contribution < -0.4 is 0 Å². The molecule has 21 heavy (non-hydrogen) atoms. The molecule has 0 spiro atoms. The summed E-state index contributed by atoms with van der Waals surface area (Å²) in [6, 6.07) is 6.55. The molecule has 1 aromatic heterocycles. The normalized spacial score (nSPS) is 12.1. The molecule has 0 unspecified atom stereocenters. The lowest BCUT2D eigenvalue weighted by molar-refractivity contribution is 0.0763. The van der Waals surface area contributed by atoms with Crippen LogP contribution in [-0.4, -0.2) is 23.9 Å². The summed E-state index contributed by atoms with van der Waals surface area (Å²) in [4.78, 5) is 14.6. The van der Waals surface area contributed by atoms with Gasteiger partial charge in [0.15, 0.2) is 0 Å². The number of halogens is 1. The van der Waals surface area contributed by atoms with Crippen LogP contribution in [0.5, 0.6) is 0 Å². The SMILES string of the molecule is CCC[C@@H](C#N)N(C)C(=O)c1sc2cccc(F)c2c1C. The standard InChI is InChI=1S/C16H17FN2OS/c1-4-6-11(9-18)19(3)16(20)15-10(2)14-12(17)7-5-8-13(14)21-15/h5,7-8,11H,4,6H2,1-3H3/t11-/m0/s1. The van der Waals surface area contributed by atoms with Crippen molar-refractivity contribution in [1.29, 1.82) is 5.26 Å². The summed E-state index contributed by atoms with van der Waals surface area (Å²) in [5, 5.41) is 9.68. The highest BCUT2D eigenvalue weighted by Gasteiger charge is 2.24. The number of fused-ring (bicyclic) bond motifs is 1. The van der Waals surface area contributed by atoms with Crippen LogP contribution in [0.3, 0.4) is 0 Å². The molecule has 0 radical (unpaired) electrons. The van der Waals surface area contributed by atoms with Crippen molar-refractivity contribution in [2.24, 2.45) is 0 Å². The van der Waals surface area contributed by atoms with Gasteiger partial charge in [0.25, 0.3) is 5.91 Å². The molecular formula is C16H17FN2OS. The van der Waals surface area contributed by atoms with Gasteiger partial charge in [0.2, 0.25) is 0 Å². The Morgan fingerprint density at radius 2 is 2.24 bits per heavy atom. The van der Waals surface area contributed by atoms with Crippen molar-refractivity contribution >= 4 is 27.3 Å². The molecular weight excluding hydrogens is 287 g/mol. The van der Waals surface area contributed by atoms with E-state index in [1.54, 1.807) is 26.1 Å². The summed E-state index contributed by atoms with van der Waals surface area (Å²) in [7, 11) is 1.63. The van der Waals surface area contributed by atoms with Crippen LogP contribution in [0.1, 0.15) is 35.0 Å². The fourth-order valence-electron chi connectivity index (χ4n) is 2.38. The first kappa shape index (κ1) is 15.5. The van der Waals surface area contributed by atoms with Gasteiger partial charge < -0.3 is 4.90 Å². The minimum Gasteiger partial charge on any atom is -0.325 e. The number of nitrogens with zero attached hydrogens (tertiary/aromatic N) is 2. The average Bonchev–Trinajstić information content (AvgIpc) is 2.81. The van der Waals surface area contributed by atoms with Crippen LogP contribution >= 0.6 is 11.3 Å². The number of carbonyl (C=O) groups excluding carboxylic acids is 1. The predicted octanol–water partition coefficient (Wildman–Crippen LogP) is 4.11. The summed E-state index contributed by atoms with van der Waals surface area (Å²) in [6.45, 7) is 3.73. The molecule has 0 aliphatic rings. The number of carbonyl (C=O) groups is 1. The summed E-state index contributed by atoms with van der Waals surface area (Å²) in [6.07, 6.45) is 1.47. The number of hydrogen-bond acceptors (Lipinski definition) is 3. The summed E-state index contributed by atoms with van der Waals surface area (Å²) in [5.41, 5.74) is 0.651. The zero-order valence-electron chi connectivity index (χ0n) is 12.3. The maximum Gasteiger partial charge on any atom is 0.265 e. The molecule has 0 aliphatic heterocycles. The number of benzene rings is 1. The Morgan fingerprint density at radius 1 is 1.52 bits per heavy atom. The van der Waals surface area contributed by atoms with Gasteiger partial charge in [-0.15, -0.1) is 11.3 Å². The van der Waals surface area contributed by atoms with Gasteiger partial charge in [0, 0.05) is 17.1 Å². The second-order valence-electron chi connectivity index (χ2n) is 5.02. The molecule has 2 aromatic rings. The molecule has 1 atom stereocenters. The van der Waals surface area contributed by atoms with Gasteiger partial charge in [-0.05, 0) is 31.0 Å². The number of amides is 1. The first-order valence-corrected chi connectivity index (χ1v) is 7.67. The molecule has 0 aliphatic carbocycles. The van der Waals surface area contributed by atoms with E-state index < -0.39 is 6.04 Å². The summed E-state index contributed by atoms with van der Waals surface area (Å²) in [5.74, 6) is -0.526. The topological polar surface area (TPSA) is 44.1 Å². The van der Waals surface area contributed by atoms with E-state index in [1.165, 1.54) is 22.3 Å². The van der Waals surface area contributed by atoms with Gasteiger partial charge in [-0.25, -0.2) is 4.39 Å². The third-order valence-corrected chi connectivity index (χ3v) is 4.84. The third kappa shape index (κ3) is 2.77. The Labute approximate surface area is 127 Å². The van der Waals surface area contributed by atoms with Crippen LogP contribution in [0.15, 0.2) is 18.2 Å². The van der Waals surface area contributed by atoms with Crippen molar-refractivity contribution < 1.29 is 9.18 Å². The van der Waals surface area contributed by atoms with Gasteiger partial charge in [0.1, 0.15) is 11.9 Å². The van der Waals surface area contributed by atoms with E-state index in [2.05, 4.69) is 6.07 Å². The van der Waals surface area contributed by atoms with E-state index in [9.17, 15) is 14.4 Å². The molecule has 1 amide bonds. The zero-order chi connectivity index (χ0) is 15.6. The lowest BCUT2D eigenvalue weighted by Crippen LogP contribution is -2.35. The molecule has 2 rings (SSSR count). The molecule has 0 N–H and O–H groups in total. The number of nitriles is 1. The molecule has 0 bridgehead atoms. The van der Waals surface area contributed by atoms with Gasteiger partial charge >= 0.3 is 0 Å². The second-order valence-corrected chi connectivity index (χ2v) is 6.07. The Morgan fingerprint density at radius 3 is 2.81 bits per heavy atom. The van der Waals surface area contributed by atoms with Crippen LogP contribution in [0.4, 0.5) is 4.39 Å². The van der Waals surface area contributed by atoms with Crippen LogP contribution in [0.25, 0.3) is 10.1 Å². The zero-order valence-corrected chi connectivity index (χ0v) is 13.1. The summed E-state index contributed by atoms with van der Waals surface area (Å²) < 4.78 is 14.7. The lowest BCUT2D eigenvalue weighted by atomic mass is 10.1. The maximum atomic E-state index is 13.9. The van der Waals surface area contributed by atoms with Crippen molar-refractivity contribution in [3.05, 3.63) is 34.5 Å². The van der Waals surface area contributed by atoms with Crippen LogP contribution in [-0.2, 0) is 0 Å². The highest BCUT2D eigenvalue weighted by molar-refractivity contribution is 7.21. The Bertz CT molecular complexity index is 717. The van der Waals surface area contributed by atoms with Gasteiger partial charge in [-0.1, -0.05) is 19.4 Å². The molecule has 0 fully saturated rings. The molecule has 0 saturated heterocycles. The minimum absolute atomic E-state index is 0.215. The highest BCUT2D eigenvalue weighted by atomic mass is 32.1. The molecule has 110 valence electrons. The van der Waals surface area contributed by atoms with E-state index in [-0.39, 0.29) is 11.7 Å². The first-order chi connectivity index (χ1) is 10.0. The number of hydrogen-bond donors (Lipinski definition) is 0. The first-order valence-electron chi connectivity index (χ1n) is 6.85. The van der Waals surface area contributed by atoms with Crippen molar-refractivity contribution in [3.63, 3.8) is 0 Å². The van der Waals surface area contributed by atoms with Crippen LogP contribution in [0, 0.1) is 24.1 Å². The van der Waals surface area contributed by atoms with E-state index in [0.29, 0.717) is 22.2 Å². The van der Waals surface area contributed by atoms with Gasteiger partial charge in [-0.3, -0.25) is 4.79 Å². The highest BCUT2D eigenvalue weighted by Crippen LogP contribution is 2.33. The summed E-state index contributed by atoms with van der Waals surface area (Å²) >= 11 is 1.28. The lowest BCUT2D eigenvalue weighted by Gasteiger charge is -2.22. The van der Waals surface area contributed by atoms with Crippen molar-refractivity contribution in [1.82, 2.24) is 4.90 Å². The molecule has 5 heteroatoms. The number of aryl methyl sites for hydroxylation is 1.